The van der Waals surface area contributed by atoms with Gasteiger partial charge in [-0.2, -0.15) is 0 Å². The molecule has 0 saturated heterocycles. The van der Waals surface area contributed by atoms with Crippen LogP contribution < -0.4 is 10.6 Å². The molecule has 0 radical (unpaired) electrons. The third-order valence-corrected chi connectivity index (χ3v) is 3.98. The zero-order valence-corrected chi connectivity index (χ0v) is 14.6. The van der Waals surface area contributed by atoms with Crippen LogP contribution in [0.3, 0.4) is 0 Å². The van der Waals surface area contributed by atoms with Crippen molar-refractivity contribution >= 4 is 34.9 Å². The van der Waals surface area contributed by atoms with E-state index >= 15 is 0 Å². The van der Waals surface area contributed by atoms with E-state index in [1.54, 1.807) is 18.2 Å². The van der Waals surface area contributed by atoms with Crippen LogP contribution in [0.4, 0.5) is 10.5 Å². The summed E-state index contributed by atoms with van der Waals surface area (Å²) >= 11 is 11.9. The van der Waals surface area contributed by atoms with Crippen molar-refractivity contribution in [2.45, 2.75) is 26.8 Å². The van der Waals surface area contributed by atoms with Crippen LogP contribution in [0.15, 0.2) is 18.2 Å². The highest BCUT2D eigenvalue weighted by molar-refractivity contribution is 6.35. The van der Waals surface area contributed by atoms with Crippen molar-refractivity contribution in [3.63, 3.8) is 0 Å². The first-order chi connectivity index (χ1) is 9.61. The molecule has 0 aliphatic rings. The summed E-state index contributed by atoms with van der Waals surface area (Å²) in [4.78, 5) is 14.2. The van der Waals surface area contributed by atoms with Gasteiger partial charge in [-0.3, -0.25) is 0 Å². The Morgan fingerprint density at radius 2 is 1.95 bits per heavy atom. The second-order valence-corrected chi connectivity index (χ2v) is 7.01. The lowest BCUT2D eigenvalue weighted by molar-refractivity contribution is 0.183. The topological polar surface area (TPSA) is 44.4 Å². The standard InChI is InChI=1S/C15H23Cl2N3O/c1-10(15(2,3)9-20(4)5)18-14(21)19-13-8-11(16)6-7-12(13)17/h6-8,10H,9H2,1-5H3,(H2,18,19,21)/t10-/m1/s1. The first-order valence-corrected chi connectivity index (χ1v) is 7.54. The van der Waals surface area contributed by atoms with Crippen molar-refractivity contribution < 1.29 is 4.79 Å². The molecule has 0 bridgehead atoms. The average molecular weight is 332 g/mol. The molecule has 1 aromatic carbocycles. The van der Waals surface area contributed by atoms with Crippen molar-refractivity contribution in [1.82, 2.24) is 10.2 Å². The van der Waals surface area contributed by atoms with E-state index in [0.717, 1.165) is 6.54 Å². The van der Waals surface area contributed by atoms with Crippen LogP contribution in [0.2, 0.25) is 10.0 Å². The SMILES string of the molecule is C[C@@H](NC(=O)Nc1cc(Cl)ccc1Cl)C(C)(C)CN(C)C. The second-order valence-electron chi connectivity index (χ2n) is 6.17. The maximum atomic E-state index is 12.1. The van der Waals surface area contributed by atoms with E-state index in [1.165, 1.54) is 0 Å². The molecule has 1 rings (SSSR count). The molecule has 0 aromatic heterocycles. The largest absolute Gasteiger partial charge is 0.335 e. The number of halogens is 2. The Balaban J connectivity index is 2.67. The number of rotatable bonds is 5. The Bertz CT molecular complexity index is 504. The smallest absolute Gasteiger partial charge is 0.319 e. The summed E-state index contributed by atoms with van der Waals surface area (Å²) in [6.45, 7) is 7.09. The van der Waals surface area contributed by atoms with Crippen molar-refractivity contribution in [3.05, 3.63) is 28.2 Å². The zero-order chi connectivity index (χ0) is 16.2. The van der Waals surface area contributed by atoms with Gasteiger partial charge in [0.2, 0.25) is 0 Å². The van der Waals surface area contributed by atoms with Gasteiger partial charge < -0.3 is 15.5 Å². The molecule has 1 atom stereocenters. The van der Waals surface area contributed by atoms with Gasteiger partial charge in [-0.05, 0) is 44.6 Å². The number of nitrogens with one attached hydrogen (secondary N) is 2. The van der Waals surface area contributed by atoms with Gasteiger partial charge in [0.15, 0.2) is 0 Å². The Kier molecular flexibility index (Phi) is 6.32. The minimum Gasteiger partial charge on any atom is -0.335 e. The van der Waals surface area contributed by atoms with Crippen LogP contribution in [0.25, 0.3) is 0 Å². The first-order valence-electron chi connectivity index (χ1n) is 6.79. The second kappa shape index (κ2) is 7.34. The fourth-order valence-electron chi connectivity index (χ4n) is 2.10. The van der Waals surface area contributed by atoms with Crippen LogP contribution in [0.1, 0.15) is 20.8 Å². The Labute approximate surface area is 136 Å². The van der Waals surface area contributed by atoms with Crippen molar-refractivity contribution in [3.8, 4) is 0 Å². The summed E-state index contributed by atoms with van der Waals surface area (Å²) in [5, 5.41) is 6.65. The van der Waals surface area contributed by atoms with Gasteiger partial charge >= 0.3 is 6.03 Å². The summed E-state index contributed by atoms with van der Waals surface area (Å²) < 4.78 is 0. The normalized spacial score (nSPS) is 13.1. The van der Waals surface area contributed by atoms with Crippen LogP contribution in [0, 0.1) is 5.41 Å². The predicted molar refractivity (Wildman–Crippen MR) is 90.4 cm³/mol. The molecule has 118 valence electrons. The van der Waals surface area contributed by atoms with Crippen molar-refractivity contribution in [2.75, 3.05) is 26.0 Å². The lowest BCUT2D eigenvalue weighted by Gasteiger charge is -2.34. The average Bonchev–Trinajstić information content (AvgIpc) is 2.32. The highest BCUT2D eigenvalue weighted by Crippen LogP contribution is 2.26. The van der Waals surface area contributed by atoms with Crippen LogP contribution in [0.5, 0.6) is 0 Å². The summed E-state index contributed by atoms with van der Waals surface area (Å²) in [7, 11) is 4.03. The fourth-order valence-corrected chi connectivity index (χ4v) is 2.43. The summed E-state index contributed by atoms with van der Waals surface area (Å²) in [6.07, 6.45) is 0. The minimum absolute atomic E-state index is 0.00198. The fraction of sp³-hybridized carbons (Fsp3) is 0.533. The molecule has 0 spiro atoms. The number of hydrogen-bond acceptors (Lipinski definition) is 2. The number of amides is 2. The molecule has 0 unspecified atom stereocenters. The molecule has 6 heteroatoms. The molecule has 0 heterocycles. The molecule has 0 fully saturated rings. The number of urea groups is 1. The third-order valence-electron chi connectivity index (χ3n) is 3.42. The third kappa shape index (κ3) is 5.73. The summed E-state index contributed by atoms with van der Waals surface area (Å²) in [5.74, 6) is 0. The molecule has 21 heavy (non-hydrogen) atoms. The Morgan fingerprint density at radius 1 is 1.33 bits per heavy atom. The number of nitrogens with zero attached hydrogens (tertiary/aromatic N) is 1. The molecular weight excluding hydrogens is 309 g/mol. The van der Waals surface area contributed by atoms with E-state index in [4.69, 9.17) is 23.2 Å². The number of anilines is 1. The van der Waals surface area contributed by atoms with Gasteiger partial charge in [0.05, 0.1) is 10.7 Å². The Morgan fingerprint density at radius 3 is 2.52 bits per heavy atom. The molecule has 1 aromatic rings. The first kappa shape index (κ1) is 18.1. The maximum Gasteiger partial charge on any atom is 0.319 e. The molecule has 0 saturated carbocycles. The van der Waals surface area contributed by atoms with Gasteiger partial charge in [-0.15, -0.1) is 0 Å². The van der Waals surface area contributed by atoms with Crippen molar-refractivity contribution in [2.24, 2.45) is 5.41 Å². The quantitative estimate of drug-likeness (QED) is 0.853. The maximum absolute atomic E-state index is 12.1. The number of hydrogen-bond donors (Lipinski definition) is 2. The highest BCUT2D eigenvalue weighted by atomic mass is 35.5. The molecular formula is C15H23Cl2N3O. The minimum atomic E-state index is -0.293. The van der Waals surface area contributed by atoms with E-state index in [0.29, 0.717) is 15.7 Å². The van der Waals surface area contributed by atoms with Crippen LogP contribution in [-0.4, -0.2) is 37.6 Å². The lowest BCUT2D eigenvalue weighted by atomic mass is 9.85. The van der Waals surface area contributed by atoms with E-state index in [-0.39, 0.29) is 17.5 Å². The number of carbonyl (C=O) groups is 1. The molecule has 0 aliphatic heterocycles. The summed E-state index contributed by atoms with van der Waals surface area (Å²) in [6, 6.07) is 4.66. The van der Waals surface area contributed by atoms with Gasteiger partial charge in [-0.25, -0.2) is 4.79 Å². The highest BCUT2D eigenvalue weighted by Gasteiger charge is 2.27. The van der Waals surface area contributed by atoms with E-state index < -0.39 is 0 Å². The molecule has 2 amide bonds. The van der Waals surface area contributed by atoms with Gasteiger partial charge in [-0.1, -0.05) is 37.0 Å². The number of benzene rings is 1. The van der Waals surface area contributed by atoms with Gasteiger partial charge in [0.25, 0.3) is 0 Å². The Hall–Kier alpha value is -0.970. The van der Waals surface area contributed by atoms with Crippen molar-refractivity contribution in [1.29, 1.82) is 0 Å². The van der Waals surface area contributed by atoms with Crippen LogP contribution >= 0.6 is 23.2 Å². The van der Waals surface area contributed by atoms with Crippen LogP contribution in [-0.2, 0) is 0 Å². The lowest BCUT2D eigenvalue weighted by Crippen LogP contribution is -2.48. The zero-order valence-electron chi connectivity index (χ0n) is 13.1. The summed E-state index contributed by atoms with van der Waals surface area (Å²) in [5.41, 5.74) is 0.443. The van der Waals surface area contributed by atoms with Gasteiger partial charge in [0, 0.05) is 17.6 Å². The van der Waals surface area contributed by atoms with E-state index in [9.17, 15) is 4.79 Å². The molecule has 4 nitrogen and oxygen atoms in total. The van der Waals surface area contributed by atoms with Gasteiger partial charge in [0.1, 0.15) is 0 Å². The number of carbonyl (C=O) groups excluding carboxylic acids is 1. The predicted octanol–water partition coefficient (Wildman–Crippen LogP) is 4.09. The molecule has 2 N–H and O–H groups in total. The van der Waals surface area contributed by atoms with E-state index in [2.05, 4.69) is 29.4 Å². The monoisotopic (exact) mass is 331 g/mol. The van der Waals surface area contributed by atoms with E-state index in [1.807, 2.05) is 21.0 Å². The molecule has 0 aliphatic carbocycles.